The van der Waals surface area contributed by atoms with Gasteiger partial charge in [0.1, 0.15) is 5.75 Å². The van der Waals surface area contributed by atoms with Gasteiger partial charge >= 0.3 is 5.97 Å². The first kappa shape index (κ1) is 27.1. The standard InChI is InChI=1S/C30H44O3/c1-4-6-7-8-9-10-11-12-13-14-24-32-25(3)27-18-20-28(21-19-27)30(31)33-29-22-16-26(15-5-2)17-23-29/h16-23,25H,4-15,24H2,1-3H3. The molecule has 0 aromatic heterocycles. The Morgan fingerprint density at radius 2 is 1.30 bits per heavy atom. The minimum absolute atomic E-state index is 0.0275. The molecule has 33 heavy (non-hydrogen) atoms. The Labute approximate surface area is 201 Å². The van der Waals surface area contributed by atoms with Crippen LogP contribution in [-0.4, -0.2) is 12.6 Å². The minimum atomic E-state index is -0.330. The van der Waals surface area contributed by atoms with Crippen molar-refractivity contribution < 1.29 is 14.3 Å². The lowest BCUT2D eigenvalue weighted by molar-refractivity contribution is 0.0626. The van der Waals surface area contributed by atoms with Crippen LogP contribution in [0.3, 0.4) is 0 Å². The molecule has 0 saturated carbocycles. The maximum absolute atomic E-state index is 12.4. The molecule has 0 bridgehead atoms. The van der Waals surface area contributed by atoms with Gasteiger partial charge in [0.05, 0.1) is 11.7 Å². The topological polar surface area (TPSA) is 35.5 Å². The summed E-state index contributed by atoms with van der Waals surface area (Å²) in [6.07, 6.45) is 15.5. The molecule has 0 radical (unpaired) electrons. The SMILES string of the molecule is CCCCCCCCCCCCOC(C)c1ccc(C(=O)Oc2ccc(CCC)cc2)cc1. The van der Waals surface area contributed by atoms with Crippen LogP contribution in [-0.2, 0) is 11.2 Å². The number of ether oxygens (including phenoxy) is 2. The molecule has 1 unspecified atom stereocenters. The fourth-order valence-corrected chi connectivity index (χ4v) is 4.01. The molecule has 0 N–H and O–H groups in total. The maximum Gasteiger partial charge on any atom is 0.343 e. The Kier molecular flexibility index (Phi) is 13.5. The first-order valence-electron chi connectivity index (χ1n) is 13.2. The molecule has 2 aromatic carbocycles. The molecule has 3 nitrogen and oxygen atoms in total. The van der Waals surface area contributed by atoms with Gasteiger partial charge in [0, 0.05) is 6.61 Å². The quantitative estimate of drug-likeness (QED) is 0.137. The van der Waals surface area contributed by atoms with Crippen molar-refractivity contribution in [1.82, 2.24) is 0 Å². The van der Waals surface area contributed by atoms with E-state index in [0.717, 1.165) is 31.4 Å². The molecule has 2 aromatic rings. The molecule has 2 rings (SSSR count). The van der Waals surface area contributed by atoms with Crippen LogP contribution in [0.1, 0.15) is 119 Å². The van der Waals surface area contributed by atoms with E-state index < -0.39 is 0 Å². The molecule has 0 aliphatic carbocycles. The van der Waals surface area contributed by atoms with Crippen LogP contribution in [0.25, 0.3) is 0 Å². The van der Waals surface area contributed by atoms with E-state index in [4.69, 9.17) is 9.47 Å². The number of carbonyl (C=O) groups excluding carboxylic acids is 1. The lowest BCUT2D eigenvalue weighted by atomic mass is 10.1. The Bertz CT molecular complexity index is 764. The smallest absolute Gasteiger partial charge is 0.343 e. The van der Waals surface area contributed by atoms with E-state index >= 15 is 0 Å². The first-order chi connectivity index (χ1) is 16.1. The monoisotopic (exact) mass is 452 g/mol. The van der Waals surface area contributed by atoms with Crippen molar-refractivity contribution in [3.63, 3.8) is 0 Å². The van der Waals surface area contributed by atoms with Crippen molar-refractivity contribution in [1.29, 1.82) is 0 Å². The molecule has 182 valence electrons. The van der Waals surface area contributed by atoms with E-state index in [1.165, 1.54) is 63.4 Å². The molecule has 0 amide bonds. The van der Waals surface area contributed by atoms with Crippen molar-refractivity contribution in [3.8, 4) is 5.75 Å². The van der Waals surface area contributed by atoms with Gasteiger partial charge in [-0.1, -0.05) is 102 Å². The van der Waals surface area contributed by atoms with Crippen LogP contribution in [0.2, 0.25) is 0 Å². The summed E-state index contributed by atoms with van der Waals surface area (Å²) in [6, 6.07) is 15.3. The third kappa shape index (κ3) is 11.0. The lowest BCUT2D eigenvalue weighted by Gasteiger charge is -2.14. The first-order valence-corrected chi connectivity index (χ1v) is 13.2. The van der Waals surface area contributed by atoms with Crippen LogP contribution in [0.5, 0.6) is 5.75 Å². The number of unbranched alkanes of at least 4 members (excludes halogenated alkanes) is 9. The number of esters is 1. The molecular weight excluding hydrogens is 408 g/mol. The maximum atomic E-state index is 12.4. The van der Waals surface area contributed by atoms with Gasteiger partial charge < -0.3 is 9.47 Å². The second-order valence-electron chi connectivity index (χ2n) is 9.10. The number of aryl methyl sites for hydroxylation is 1. The van der Waals surface area contributed by atoms with E-state index in [2.05, 4.69) is 20.8 Å². The Morgan fingerprint density at radius 1 is 0.727 bits per heavy atom. The molecule has 0 saturated heterocycles. The normalized spacial score (nSPS) is 12.0. The molecule has 0 heterocycles. The van der Waals surface area contributed by atoms with Crippen molar-refractivity contribution in [2.75, 3.05) is 6.61 Å². The summed E-state index contributed by atoms with van der Waals surface area (Å²) in [4.78, 5) is 12.4. The zero-order valence-corrected chi connectivity index (χ0v) is 21.1. The van der Waals surface area contributed by atoms with Gasteiger partial charge in [0.2, 0.25) is 0 Å². The minimum Gasteiger partial charge on any atom is -0.423 e. The highest BCUT2D eigenvalue weighted by Gasteiger charge is 2.11. The Balaban J connectivity index is 1.62. The summed E-state index contributed by atoms with van der Waals surface area (Å²) in [5, 5.41) is 0. The molecule has 3 heteroatoms. The predicted octanol–water partition coefficient (Wildman–Crippen LogP) is 8.86. The summed E-state index contributed by atoms with van der Waals surface area (Å²) in [5.41, 5.74) is 2.90. The van der Waals surface area contributed by atoms with Crippen LogP contribution < -0.4 is 4.74 Å². The third-order valence-corrected chi connectivity index (χ3v) is 6.15. The van der Waals surface area contributed by atoms with Crippen molar-refractivity contribution in [2.45, 2.75) is 104 Å². The lowest BCUT2D eigenvalue weighted by Crippen LogP contribution is -2.09. The van der Waals surface area contributed by atoms with Gasteiger partial charge in [0.15, 0.2) is 0 Å². The van der Waals surface area contributed by atoms with Crippen molar-refractivity contribution in [3.05, 3.63) is 65.2 Å². The van der Waals surface area contributed by atoms with Gasteiger partial charge in [0.25, 0.3) is 0 Å². The third-order valence-electron chi connectivity index (χ3n) is 6.15. The average Bonchev–Trinajstić information content (AvgIpc) is 2.84. The highest BCUT2D eigenvalue weighted by Crippen LogP contribution is 2.20. The van der Waals surface area contributed by atoms with E-state index in [1.807, 2.05) is 48.5 Å². The van der Waals surface area contributed by atoms with Crippen LogP contribution >= 0.6 is 0 Å². The zero-order chi connectivity index (χ0) is 23.7. The van der Waals surface area contributed by atoms with Gasteiger partial charge in [-0.3, -0.25) is 0 Å². The molecule has 0 spiro atoms. The van der Waals surface area contributed by atoms with Gasteiger partial charge in [-0.05, 0) is 55.2 Å². The van der Waals surface area contributed by atoms with E-state index in [9.17, 15) is 4.79 Å². The summed E-state index contributed by atoms with van der Waals surface area (Å²) >= 11 is 0. The fraction of sp³-hybridized carbons (Fsp3) is 0.567. The van der Waals surface area contributed by atoms with Crippen molar-refractivity contribution >= 4 is 5.97 Å². The van der Waals surface area contributed by atoms with Crippen molar-refractivity contribution in [2.24, 2.45) is 0 Å². The largest absolute Gasteiger partial charge is 0.423 e. The number of benzene rings is 2. The second-order valence-corrected chi connectivity index (χ2v) is 9.10. The van der Waals surface area contributed by atoms with Crippen LogP contribution in [0.4, 0.5) is 0 Å². The molecule has 0 fully saturated rings. The molecular formula is C30H44O3. The second kappa shape index (κ2) is 16.5. The molecule has 0 aliphatic rings. The van der Waals surface area contributed by atoms with E-state index in [1.54, 1.807) is 0 Å². The molecule has 0 aliphatic heterocycles. The molecule has 1 atom stereocenters. The van der Waals surface area contributed by atoms with Gasteiger partial charge in [-0.2, -0.15) is 0 Å². The summed E-state index contributed by atoms with van der Waals surface area (Å²) in [7, 11) is 0. The number of carbonyl (C=O) groups is 1. The number of hydrogen-bond acceptors (Lipinski definition) is 3. The summed E-state index contributed by atoms with van der Waals surface area (Å²) in [6.45, 7) is 7.28. The highest BCUT2D eigenvalue weighted by molar-refractivity contribution is 5.91. The van der Waals surface area contributed by atoms with E-state index in [-0.39, 0.29) is 12.1 Å². The summed E-state index contributed by atoms with van der Waals surface area (Å²) < 4.78 is 11.5. The average molecular weight is 453 g/mol. The van der Waals surface area contributed by atoms with Gasteiger partial charge in [-0.15, -0.1) is 0 Å². The van der Waals surface area contributed by atoms with Crippen LogP contribution in [0, 0.1) is 0 Å². The Morgan fingerprint density at radius 3 is 1.88 bits per heavy atom. The zero-order valence-electron chi connectivity index (χ0n) is 21.1. The predicted molar refractivity (Wildman–Crippen MR) is 138 cm³/mol. The van der Waals surface area contributed by atoms with Gasteiger partial charge in [-0.25, -0.2) is 4.79 Å². The fourth-order valence-electron chi connectivity index (χ4n) is 4.01. The Hall–Kier alpha value is -2.13. The number of hydrogen-bond donors (Lipinski definition) is 0. The highest BCUT2D eigenvalue weighted by atomic mass is 16.5. The van der Waals surface area contributed by atoms with E-state index in [0.29, 0.717) is 11.3 Å². The number of rotatable bonds is 17. The van der Waals surface area contributed by atoms with Crippen LogP contribution in [0.15, 0.2) is 48.5 Å². The summed E-state index contributed by atoms with van der Waals surface area (Å²) in [5.74, 6) is 0.251.